The van der Waals surface area contributed by atoms with E-state index in [0.29, 0.717) is 15.6 Å². The Labute approximate surface area is 151 Å². The lowest BCUT2D eigenvalue weighted by Gasteiger charge is -2.26. The molecule has 122 valence electrons. The van der Waals surface area contributed by atoms with Gasteiger partial charge < -0.3 is 4.90 Å². The molecule has 1 amide bonds. The van der Waals surface area contributed by atoms with Gasteiger partial charge in [0, 0.05) is 27.7 Å². The van der Waals surface area contributed by atoms with Crippen molar-refractivity contribution in [1.82, 2.24) is 0 Å². The molecule has 0 N–H and O–H groups in total. The van der Waals surface area contributed by atoms with E-state index < -0.39 is 0 Å². The Kier molecular flexibility index (Phi) is 5.90. The highest BCUT2D eigenvalue weighted by Crippen LogP contribution is 2.30. The molecule has 0 spiro atoms. The van der Waals surface area contributed by atoms with Crippen LogP contribution < -0.4 is 4.90 Å². The van der Waals surface area contributed by atoms with Gasteiger partial charge in [-0.2, -0.15) is 0 Å². The van der Waals surface area contributed by atoms with E-state index in [4.69, 9.17) is 23.2 Å². The van der Waals surface area contributed by atoms with Crippen LogP contribution in [-0.4, -0.2) is 11.9 Å². The highest BCUT2D eigenvalue weighted by atomic mass is 35.5. The average Bonchev–Trinajstić information content (AvgIpc) is 2.85. The maximum absolute atomic E-state index is 12.9. The van der Waals surface area contributed by atoms with E-state index in [2.05, 4.69) is 6.58 Å². The molecule has 0 unspecified atom stereocenters. The first-order chi connectivity index (χ1) is 10.8. The van der Waals surface area contributed by atoms with Crippen molar-refractivity contribution in [3.63, 3.8) is 0 Å². The lowest BCUT2D eigenvalue weighted by atomic mass is 10.1. The van der Waals surface area contributed by atoms with E-state index in [1.807, 2.05) is 32.2 Å². The van der Waals surface area contributed by atoms with Gasteiger partial charge in [0.25, 0.3) is 5.91 Å². The number of allylic oxidation sites excluding steroid dienone is 1. The summed E-state index contributed by atoms with van der Waals surface area (Å²) in [7, 11) is 0. The molecule has 2 nitrogen and oxygen atoms in total. The normalized spacial score (nSPS) is 10.9. The second kappa shape index (κ2) is 7.52. The number of thiophene rings is 1. The second-order valence-electron chi connectivity index (χ2n) is 5.80. The van der Waals surface area contributed by atoms with Gasteiger partial charge in [0.2, 0.25) is 0 Å². The fourth-order valence-corrected chi connectivity index (χ4v) is 3.79. The minimum absolute atomic E-state index is 0.0153. The molecule has 0 fully saturated rings. The summed E-state index contributed by atoms with van der Waals surface area (Å²) in [4.78, 5) is 15.9. The first-order valence-electron chi connectivity index (χ1n) is 7.30. The molecule has 23 heavy (non-hydrogen) atoms. The molecule has 0 aliphatic carbocycles. The molecule has 0 aliphatic rings. The molecular weight excluding hydrogens is 349 g/mol. The van der Waals surface area contributed by atoms with Crippen LogP contribution in [0.3, 0.4) is 0 Å². The first kappa shape index (κ1) is 18.1. The summed E-state index contributed by atoms with van der Waals surface area (Å²) in [5, 5.41) is 2.88. The van der Waals surface area contributed by atoms with Gasteiger partial charge in [0.1, 0.15) is 0 Å². The summed E-state index contributed by atoms with van der Waals surface area (Å²) in [6.45, 7) is 9.90. The number of hydrogen-bond donors (Lipinski definition) is 0. The fraction of sp³-hybridized carbons (Fsp3) is 0.278. The van der Waals surface area contributed by atoms with E-state index in [1.165, 1.54) is 4.88 Å². The molecule has 1 heterocycles. The highest BCUT2D eigenvalue weighted by Gasteiger charge is 2.23. The second-order valence-corrected chi connectivity index (χ2v) is 7.64. The summed E-state index contributed by atoms with van der Waals surface area (Å²) in [5.41, 5.74) is 2.44. The largest absolute Gasteiger partial charge is 0.305 e. The number of rotatable bonds is 5. The molecule has 5 heteroatoms. The van der Waals surface area contributed by atoms with Gasteiger partial charge in [-0.1, -0.05) is 35.4 Å². The van der Waals surface area contributed by atoms with Gasteiger partial charge >= 0.3 is 0 Å². The molecule has 0 bridgehead atoms. The standard InChI is InChI=1S/C18H19Cl2NOS/c1-11(2)7-15-9-14(10-23-15)21(12(3)4)18(22)16-6-5-13(19)8-17(16)20/h5-6,8-10,12H,1,7H2,2-4H3. The summed E-state index contributed by atoms with van der Waals surface area (Å²) < 4.78 is 0. The Morgan fingerprint density at radius 3 is 2.57 bits per heavy atom. The number of amides is 1. The van der Waals surface area contributed by atoms with Crippen molar-refractivity contribution in [1.29, 1.82) is 0 Å². The number of nitrogens with zero attached hydrogens (tertiary/aromatic N) is 1. The number of benzene rings is 1. The minimum Gasteiger partial charge on any atom is -0.305 e. The zero-order valence-corrected chi connectivity index (χ0v) is 15.7. The predicted octanol–water partition coefficient (Wildman–Crippen LogP) is 6.23. The average molecular weight is 368 g/mol. The number of halogens is 2. The van der Waals surface area contributed by atoms with Crippen LogP contribution >= 0.6 is 34.5 Å². The molecule has 2 rings (SSSR count). The van der Waals surface area contributed by atoms with E-state index in [1.54, 1.807) is 34.4 Å². The van der Waals surface area contributed by atoms with Crippen LogP contribution in [0.1, 0.15) is 36.0 Å². The van der Waals surface area contributed by atoms with Gasteiger partial charge in [-0.3, -0.25) is 4.79 Å². The van der Waals surface area contributed by atoms with Gasteiger partial charge in [-0.15, -0.1) is 11.3 Å². The summed E-state index contributed by atoms with van der Waals surface area (Å²) in [5.74, 6) is -0.124. The van der Waals surface area contributed by atoms with Crippen LogP contribution in [0, 0.1) is 0 Å². The Morgan fingerprint density at radius 1 is 1.30 bits per heavy atom. The van der Waals surface area contributed by atoms with Crippen LogP contribution in [0.15, 0.2) is 41.8 Å². The zero-order chi connectivity index (χ0) is 17.1. The molecule has 0 saturated carbocycles. The van der Waals surface area contributed by atoms with Crippen molar-refractivity contribution in [3.8, 4) is 0 Å². The summed E-state index contributed by atoms with van der Waals surface area (Å²) in [6, 6.07) is 7.00. The van der Waals surface area contributed by atoms with Crippen molar-refractivity contribution in [2.75, 3.05) is 4.90 Å². The third-order valence-corrected chi connectivity index (χ3v) is 4.76. The Hall–Kier alpha value is -1.29. The highest BCUT2D eigenvalue weighted by molar-refractivity contribution is 7.10. The lowest BCUT2D eigenvalue weighted by Crippen LogP contribution is -2.36. The van der Waals surface area contributed by atoms with Gasteiger partial charge in [-0.05, 0) is 45.0 Å². The van der Waals surface area contributed by atoms with Crippen molar-refractivity contribution < 1.29 is 4.79 Å². The number of hydrogen-bond acceptors (Lipinski definition) is 2. The maximum atomic E-state index is 12.9. The van der Waals surface area contributed by atoms with Crippen LogP contribution in [0.2, 0.25) is 10.0 Å². The van der Waals surface area contributed by atoms with Crippen LogP contribution in [-0.2, 0) is 6.42 Å². The quantitative estimate of drug-likeness (QED) is 0.573. The monoisotopic (exact) mass is 367 g/mol. The summed E-state index contributed by atoms with van der Waals surface area (Å²) >= 11 is 13.7. The Morgan fingerprint density at radius 2 is 2.00 bits per heavy atom. The van der Waals surface area contributed by atoms with Crippen molar-refractivity contribution >= 4 is 46.1 Å². The molecule has 1 aromatic carbocycles. The number of anilines is 1. The van der Waals surface area contributed by atoms with E-state index in [9.17, 15) is 4.79 Å². The fourth-order valence-electron chi connectivity index (χ4n) is 2.33. The summed E-state index contributed by atoms with van der Waals surface area (Å²) in [6.07, 6.45) is 0.826. The van der Waals surface area contributed by atoms with E-state index in [-0.39, 0.29) is 11.9 Å². The Bertz CT molecular complexity index is 736. The van der Waals surface area contributed by atoms with Crippen molar-refractivity contribution in [2.24, 2.45) is 0 Å². The molecule has 2 aromatic rings. The van der Waals surface area contributed by atoms with Crippen molar-refractivity contribution in [3.05, 3.63) is 62.3 Å². The van der Waals surface area contributed by atoms with Crippen LogP contribution in [0.25, 0.3) is 0 Å². The van der Waals surface area contributed by atoms with Crippen LogP contribution in [0.5, 0.6) is 0 Å². The smallest absolute Gasteiger partial charge is 0.260 e. The van der Waals surface area contributed by atoms with Gasteiger partial charge in [-0.25, -0.2) is 0 Å². The van der Waals surface area contributed by atoms with Crippen molar-refractivity contribution in [2.45, 2.75) is 33.2 Å². The SMILES string of the molecule is C=C(C)Cc1cc(N(C(=O)c2ccc(Cl)cc2Cl)C(C)C)cs1. The molecule has 0 aliphatic heterocycles. The number of carbonyl (C=O) groups excluding carboxylic acids is 1. The van der Waals surface area contributed by atoms with Crippen LogP contribution in [0.4, 0.5) is 5.69 Å². The first-order valence-corrected chi connectivity index (χ1v) is 8.93. The Balaban J connectivity index is 2.36. The van der Waals surface area contributed by atoms with E-state index >= 15 is 0 Å². The molecule has 1 aromatic heterocycles. The third-order valence-electron chi connectivity index (χ3n) is 3.29. The topological polar surface area (TPSA) is 20.3 Å². The molecular formula is C18H19Cl2NOS. The predicted molar refractivity (Wildman–Crippen MR) is 101 cm³/mol. The molecule has 0 saturated heterocycles. The van der Waals surface area contributed by atoms with Gasteiger partial charge in [0.05, 0.1) is 16.3 Å². The molecule has 0 radical (unpaired) electrons. The van der Waals surface area contributed by atoms with Gasteiger partial charge in [0.15, 0.2) is 0 Å². The number of carbonyl (C=O) groups is 1. The third kappa shape index (κ3) is 4.37. The lowest BCUT2D eigenvalue weighted by molar-refractivity contribution is 0.0980. The minimum atomic E-state index is -0.124. The van der Waals surface area contributed by atoms with E-state index in [0.717, 1.165) is 17.7 Å². The maximum Gasteiger partial charge on any atom is 0.260 e. The zero-order valence-electron chi connectivity index (χ0n) is 13.4. The molecule has 0 atom stereocenters.